The summed E-state index contributed by atoms with van der Waals surface area (Å²) >= 11 is 0. The fraction of sp³-hybridized carbons (Fsp3) is 0.857. The van der Waals surface area contributed by atoms with E-state index in [-0.39, 0.29) is 12.3 Å². The molecule has 0 aromatic carbocycles. The van der Waals surface area contributed by atoms with Crippen LogP contribution in [0.15, 0.2) is 0 Å². The van der Waals surface area contributed by atoms with Crippen molar-refractivity contribution >= 4 is 11.9 Å². The van der Waals surface area contributed by atoms with Crippen LogP contribution in [-0.2, 0) is 9.59 Å². The number of nitrogens with two attached hydrogens (primary N) is 1. The Kier molecular flexibility index (Phi) is 3.85. The number of rotatable bonds is 3. The third-order valence-electron chi connectivity index (χ3n) is 4.76. The Labute approximate surface area is 114 Å². The first-order valence-electron chi connectivity index (χ1n) is 7.20. The van der Waals surface area contributed by atoms with Gasteiger partial charge in [0.2, 0.25) is 5.91 Å². The van der Waals surface area contributed by atoms with E-state index in [2.05, 4.69) is 0 Å². The molecule has 1 amide bonds. The minimum Gasteiger partial charge on any atom is -0.480 e. The van der Waals surface area contributed by atoms with Crippen molar-refractivity contribution in [3.63, 3.8) is 0 Å². The summed E-state index contributed by atoms with van der Waals surface area (Å²) in [5, 5.41) is 9.42. The van der Waals surface area contributed by atoms with Crippen LogP contribution in [0.1, 0.15) is 58.3 Å². The van der Waals surface area contributed by atoms with E-state index < -0.39 is 17.0 Å². The molecule has 1 atom stereocenters. The maximum absolute atomic E-state index is 12.5. The molecule has 108 valence electrons. The van der Waals surface area contributed by atoms with E-state index in [4.69, 9.17) is 5.73 Å². The van der Waals surface area contributed by atoms with Crippen molar-refractivity contribution in [3.05, 3.63) is 0 Å². The lowest BCUT2D eigenvalue weighted by atomic mass is 9.86. The minimum atomic E-state index is -1.05. The molecule has 0 bridgehead atoms. The fourth-order valence-corrected chi connectivity index (χ4v) is 3.40. The van der Waals surface area contributed by atoms with Gasteiger partial charge in [0.25, 0.3) is 0 Å². The molecule has 0 aromatic rings. The molecule has 1 saturated heterocycles. The number of carbonyl (C=O) groups is 2. The van der Waals surface area contributed by atoms with E-state index in [0.717, 1.165) is 38.5 Å². The molecule has 1 aliphatic carbocycles. The summed E-state index contributed by atoms with van der Waals surface area (Å²) in [6.07, 6.45) is 6.45. The van der Waals surface area contributed by atoms with Crippen LogP contribution in [-0.4, -0.2) is 39.5 Å². The van der Waals surface area contributed by atoms with Gasteiger partial charge in [-0.05, 0) is 39.0 Å². The first-order chi connectivity index (χ1) is 8.87. The highest BCUT2D eigenvalue weighted by Crippen LogP contribution is 2.34. The Morgan fingerprint density at radius 1 is 1.16 bits per heavy atom. The average Bonchev–Trinajstić information content (AvgIpc) is 2.76. The number of likely N-dealkylation sites (tertiary alicyclic amines) is 1. The number of hydrogen-bond donors (Lipinski definition) is 2. The van der Waals surface area contributed by atoms with Gasteiger partial charge in [-0.1, -0.05) is 12.8 Å². The van der Waals surface area contributed by atoms with Crippen LogP contribution >= 0.6 is 0 Å². The molecule has 2 aliphatic rings. The molecule has 1 saturated carbocycles. The molecular weight excluding hydrogens is 244 g/mol. The molecule has 19 heavy (non-hydrogen) atoms. The lowest BCUT2D eigenvalue weighted by Gasteiger charge is -2.42. The van der Waals surface area contributed by atoms with Gasteiger partial charge < -0.3 is 15.7 Å². The monoisotopic (exact) mass is 268 g/mol. The minimum absolute atomic E-state index is 0.0889. The first-order valence-corrected chi connectivity index (χ1v) is 7.20. The summed E-state index contributed by atoms with van der Waals surface area (Å²) in [6.45, 7) is 2.20. The predicted octanol–water partition coefficient (Wildman–Crippen LogP) is 1.50. The Morgan fingerprint density at radius 2 is 1.74 bits per heavy atom. The van der Waals surface area contributed by atoms with Crippen LogP contribution in [0.4, 0.5) is 0 Å². The quantitative estimate of drug-likeness (QED) is 0.812. The molecular formula is C14H24N2O3. The van der Waals surface area contributed by atoms with E-state index in [9.17, 15) is 14.7 Å². The molecule has 5 heteroatoms. The van der Waals surface area contributed by atoms with Gasteiger partial charge in [0.05, 0.1) is 0 Å². The predicted molar refractivity (Wildman–Crippen MR) is 71.6 cm³/mol. The second kappa shape index (κ2) is 5.12. The summed E-state index contributed by atoms with van der Waals surface area (Å²) in [5.41, 5.74) is 4.78. The van der Waals surface area contributed by atoms with Gasteiger partial charge in [-0.3, -0.25) is 4.79 Å². The Balaban J connectivity index is 2.09. The molecule has 2 rings (SSSR count). The lowest BCUT2D eigenvalue weighted by molar-refractivity contribution is -0.161. The topological polar surface area (TPSA) is 83.6 Å². The molecule has 0 aromatic heterocycles. The maximum Gasteiger partial charge on any atom is 0.329 e. The van der Waals surface area contributed by atoms with Gasteiger partial charge in [-0.25, -0.2) is 4.79 Å². The highest BCUT2D eigenvalue weighted by Gasteiger charge is 2.45. The van der Waals surface area contributed by atoms with Gasteiger partial charge in [0.15, 0.2) is 0 Å². The van der Waals surface area contributed by atoms with E-state index in [1.54, 1.807) is 11.8 Å². The lowest BCUT2D eigenvalue weighted by Crippen LogP contribution is -2.59. The van der Waals surface area contributed by atoms with Crippen LogP contribution < -0.4 is 5.73 Å². The van der Waals surface area contributed by atoms with Crippen LogP contribution in [0.2, 0.25) is 0 Å². The molecule has 5 nitrogen and oxygen atoms in total. The average molecular weight is 268 g/mol. The number of carbonyl (C=O) groups excluding carboxylic acids is 1. The van der Waals surface area contributed by atoms with Crippen molar-refractivity contribution in [1.29, 1.82) is 0 Å². The Bertz CT molecular complexity index is 377. The van der Waals surface area contributed by atoms with Crippen LogP contribution in [0.25, 0.3) is 0 Å². The van der Waals surface area contributed by atoms with E-state index >= 15 is 0 Å². The number of carboxylic acids is 1. The van der Waals surface area contributed by atoms with E-state index in [1.807, 2.05) is 0 Å². The van der Waals surface area contributed by atoms with Gasteiger partial charge in [0.1, 0.15) is 5.54 Å². The van der Waals surface area contributed by atoms with E-state index in [0.29, 0.717) is 13.0 Å². The number of aliphatic carboxylic acids is 1. The number of nitrogens with zero attached hydrogens (tertiary/aromatic N) is 1. The second-order valence-corrected chi connectivity index (χ2v) is 6.33. The molecule has 1 heterocycles. The SMILES string of the molecule is CC1(C(=O)O)CCCCN1C(=O)CC1(N)CCCC1. The van der Waals surface area contributed by atoms with Crippen molar-refractivity contribution in [2.24, 2.45) is 5.73 Å². The number of hydrogen-bond acceptors (Lipinski definition) is 3. The molecule has 1 unspecified atom stereocenters. The van der Waals surface area contributed by atoms with Crippen LogP contribution in [0, 0.1) is 0 Å². The zero-order valence-corrected chi connectivity index (χ0v) is 11.7. The number of piperidine rings is 1. The largest absolute Gasteiger partial charge is 0.480 e. The molecule has 1 aliphatic heterocycles. The summed E-state index contributed by atoms with van der Waals surface area (Å²) in [6, 6.07) is 0. The molecule has 2 fully saturated rings. The van der Waals surface area contributed by atoms with Crippen molar-refractivity contribution in [1.82, 2.24) is 4.90 Å². The molecule has 3 N–H and O–H groups in total. The van der Waals surface area contributed by atoms with Crippen LogP contribution in [0.3, 0.4) is 0 Å². The number of carboxylic acid groups (broad SMARTS) is 1. The molecule has 0 spiro atoms. The van der Waals surface area contributed by atoms with Crippen molar-refractivity contribution in [2.75, 3.05) is 6.54 Å². The third-order valence-corrected chi connectivity index (χ3v) is 4.76. The van der Waals surface area contributed by atoms with Gasteiger partial charge in [-0.15, -0.1) is 0 Å². The highest BCUT2D eigenvalue weighted by atomic mass is 16.4. The van der Waals surface area contributed by atoms with E-state index in [1.165, 1.54) is 0 Å². The summed E-state index contributed by atoms with van der Waals surface area (Å²) in [5.74, 6) is -0.993. The van der Waals surface area contributed by atoms with Gasteiger partial charge in [-0.2, -0.15) is 0 Å². The standard InChI is InChI=1S/C14H24N2O3/c1-13(12(18)19)6-4-5-9-16(13)11(17)10-14(15)7-2-3-8-14/h2-10,15H2,1H3,(H,18,19). The van der Waals surface area contributed by atoms with Crippen molar-refractivity contribution in [3.8, 4) is 0 Å². The maximum atomic E-state index is 12.5. The smallest absolute Gasteiger partial charge is 0.329 e. The van der Waals surface area contributed by atoms with Gasteiger partial charge in [0, 0.05) is 18.5 Å². The second-order valence-electron chi connectivity index (χ2n) is 6.33. The summed E-state index contributed by atoms with van der Waals surface area (Å²) in [4.78, 5) is 25.5. The first kappa shape index (κ1) is 14.3. The van der Waals surface area contributed by atoms with Gasteiger partial charge >= 0.3 is 5.97 Å². The third kappa shape index (κ3) is 2.76. The highest BCUT2D eigenvalue weighted by molar-refractivity contribution is 5.87. The molecule has 0 radical (unpaired) electrons. The normalized spacial score (nSPS) is 30.3. The zero-order chi connectivity index (χ0) is 14.1. The zero-order valence-electron chi connectivity index (χ0n) is 11.7. The summed E-state index contributed by atoms with van der Waals surface area (Å²) < 4.78 is 0. The Hall–Kier alpha value is -1.10. The number of amides is 1. The Morgan fingerprint density at radius 3 is 2.32 bits per heavy atom. The van der Waals surface area contributed by atoms with Crippen molar-refractivity contribution in [2.45, 2.75) is 69.4 Å². The van der Waals surface area contributed by atoms with Crippen molar-refractivity contribution < 1.29 is 14.7 Å². The fourth-order valence-electron chi connectivity index (χ4n) is 3.40. The summed E-state index contributed by atoms with van der Waals surface area (Å²) in [7, 11) is 0. The van der Waals surface area contributed by atoms with Crippen LogP contribution in [0.5, 0.6) is 0 Å².